The van der Waals surface area contributed by atoms with E-state index >= 15 is 0 Å². The molecule has 0 fully saturated rings. The Balaban J connectivity index is 2.11. The molecule has 0 atom stereocenters. The van der Waals surface area contributed by atoms with Gasteiger partial charge in [-0.3, -0.25) is 0 Å². The molecule has 2 rings (SSSR count). The molecule has 0 spiro atoms. The molecule has 0 amide bonds. The quantitative estimate of drug-likeness (QED) is 0.864. The van der Waals surface area contributed by atoms with Crippen molar-refractivity contribution in [2.45, 2.75) is 27.3 Å². The Bertz CT molecular complexity index is 549. The van der Waals surface area contributed by atoms with Gasteiger partial charge >= 0.3 is 0 Å². The summed E-state index contributed by atoms with van der Waals surface area (Å²) in [6.07, 6.45) is 0. The lowest BCUT2D eigenvalue weighted by molar-refractivity contribution is 0.481. The lowest BCUT2D eigenvalue weighted by Crippen LogP contribution is -2.11. The summed E-state index contributed by atoms with van der Waals surface area (Å²) in [4.78, 5) is 0. The maximum absolute atomic E-state index is 5.91. The van der Waals surface area contributed by atoms with Crippen molar-refractivity contribution in [2.75, 3.05) is 6.54 Å². The van der Waals surface area contributed by atoms with Crippen molar-refractivity contribution in [1.29, 1.82) is 0 Å². The van der Waals surface area contributed by atoms with Gasteiger partial charge in [-0.2, -0.15) is 0 Å². The first-order chi connectivity index (χ1) is 9.19. The molecule has 0 aliphatic carbocycles. The molecular weight excluding hydrogens is 234 g/mol. The number of hydrogen-bond donors (Lipinski definition) is 1. The smallest absolute Gasteiger partial charge is 0.127 e. The zero-order valence-corrected chi connectivity index (χ0v) is 11.9. The molecule has 0 heterocycles. The van der Waals surface area contributed by atoms with Crippen LogP contribution >= 0.6 is 0 Å². The minimum atomic E-state index is 0.876. The third-order valence-electron chi connectivity index (χ3n) is 3.19. The molecule has 19 heavy (non-hydrogen) atoms. The van der Waals surface area contributed by atoms with E-state index in [4.69, 9.17) is 4.74 Å². The van der Waals surface area contributed by atoms with Gasteiger partial charge in [0, 0.05) is 6.54 Å². The number of rotatable bonds is 5. The van der Waals surface area contributed by atoms with Crippen molar-refractivity contribution in [3.8, 4) is 11.5 Å². The van der Waals surface area contributed by atoms with Crippen molar-refractivity contribution >= 4 is 0 Å². The van der Waals surface area contributed by atoms with Crippen molar-refractivity contribution < 1.29 is 4.74 Å². The second-order valence-corrected chi connectivity index (χ2v) is 4.78. The maximum atomic E-state index is 5.91. The molecule has 2 nitrogen and oxygen atoms in total. The number of nitrogens with one attached hydrogen (secondary N) is 1. The summed E-state index contributed by atoms with van der Waals surface area (Å²) < 4.78 is 5.91. The van der Waals surface area contributed by atoms with Crippen LogP contribution in [0.25, 0.3) is 0 Å². The van der Waals surface area contributed by atoms with Gasteiger partial charge in [0.2, 0.25) is 0 Å². The first-order valence-corrected chi connectivity index (χ1v) is 6.74. The number of ether oxygens (including phenoxy) is 1. The van der Waals surface area contributed by atoms with E-state index in [1.807, 2.05) is 18.2 Å². The predicted octanol–water partition coefficient (Wildman–Crippen LogP) is 4.21. The Morgan fingerprint density at radius 2 is 1.74 bits per heavy atom. The molecule has 1 N–H and O–H groups in total. The fourth-order valence-corrected chi connectivity index (χ4v) is 1.90. The summed E-state index contributed by atoms with van der Waals surface area (Å²) in [6.45, 7) is 8.16. The van der Waals surface area contributed by atoms with Crippen LogP contribution in [-0.2, 0) is 6.54 Å². The highest BCUT2D eigenvalue weighted by Crippen LogP contribution is 2.24. The summed E-state index contributed by atoms with van der Waals surface area (Å²) in [5.41, 5.74) is 3.78. The molecule has 0 bridgehead atoms. The first kappa shape index (κ1) is 13.6. The van der Waals surface area contributed by atoms with Gasteiger partial charge in [0.15, 0.2) is 0 Å². The number of hydrogen-bond acceptors (Lipinski definition) is 2. The number of benzene rings is 2. The van der Waals surface area contributed by atoms with Crippen LogP contribution in [0.4, 0.5) is 0 Å². The van der Waals surface area contributed by atoms with Crippen LogP contribution in [0.3, 0.4) is 0 Å². The van der Waals surface area contributed by atoms with E-state index in [0.717, 1.165) is 24.6 Å². The Morgan fingerprint density at radius 1 is 0.947 bits per heavy atom. The third-order valence-corrected chi connectivity index (χ3v) is 3.19. The highest BCUT2D eigenvalue weighted by Gasteiger charge is 2.01. The normalized spacial score (nSPS) is 10.5. The van der Waals surface area contributed by atoms with E-state index in [-0.39, 0.29) is 0 Å². The zero-order chi connectivity index (χ0) is 13.7. The van der Waals surface area contributed by atoms with Crippen LogP contribution in [0.2, 0.25) is 0 Å². The molecule has 0 aliphatic rings. The molecular formula is C17H21NO. The van der Waals surface area contributed by atoms with Crippen LogP contribution in [0.5, 0.6) is 11.5 Å². The van der Waals surface area contributed by atoms with Gasteiger partial charge in [0.05, 0.1) is 0 Å². The molecule has 100 valence electrons. The summed E-state index contributed by atoms with van der Waals surface area (Å²) in [5.74, 6) is 1.78. The van der Waals surface area contributed by atoms with Gasteiger partial charge in [0.25, 0.3) is 0 Å². The highest BCUT2D eigenvalue weighted by atomic mass is 16.5. The predicted molar refractivity (Wildman–Crippen MR) is 79.8 cm³/mol. The van der Waals surface area contributed by atoms with Gasteiger partial charge in [-0.15, -0.1) is 0 Å². The van der Waals surface area contributed by atoms with Crippen molar-refractivity contribution in [2.24, 2.45) is 0 Å². The third kappa shape index (κ3) is 3.83. The summed E-state index contributed by atoms with van der Waals surface area (Å²) >= 11 is 0. The molecule has 2 aromatic carbocycles. The lowest BCUT2D eigenvalue weighted by Gasteiger charge is -2.09. The minimum absolute atomic E-state index is 0.876. The van der Waals surface area contributed by atoms with Crippen molar-refractivity contribution in [3.05, 3.63) is 59.2 Å². The van der Waals surface area contributed by atoms with Gasteiger partial charge < -0.3 is 10.1 Å². The van der Waals surface area contributed by atoms with Gasteiger partial charge in [-0.1, -0.05) is 25.1 Å². The average Bonchev–Trinajstić information content (AvgIpc) is 2.41. The molecule has 0 radical (unpaired) electrons. The van der Waals surface area contributed by atoms with Crippen molar-refractivity contribution in [1.82, 2.24) is 5.32 Å². The van der Waals surface area contributed by atoms with E-state index < -0.39 is 0 Å². The van der Waals surface area contributed by atoms with E-state index in [1.54, 1.807) is 0 Å². The summed E-state index contributed by atoms with van der Waals surface area (Å²) in [5, 5.41) is 3.32. The van der Waals surface area contributed by atoms with Crippen LogP contribution in [0.15, 0.2) is 42.5 Å². The molecule has 0 aliphatic heterocycles. The Labute approximate surface area is 115 Å². The Morgan fingerprint density at radius 3 is 2.47 bits per heavy atom. The molecule has 0 saturated heterocycles. The van der Waals surface area contributed by atoms with Gasteiger partial charge in [-0.25, -0.2) is 0 Å². The van der Waals surface area contributed by atoms with Crippen molar-refractivity contribution in [3.63, 3.8) is 0 Å². The van der Waals surface area contributed by atoms with E-state index in [2.05, 4.69) is 50.4 Å². The highest BCUT2D eigenvalue weighted by molar-refractivity contribution is 5.38. The summed E-state index contributed by atoms with van der Waals surface area (Å²) in [6, 6.07) is 14.4. The molecule has 0 saturated carbocycles. The molecule has 2 aromatic rings. The molecule has 2 heteroatoms. The SMILES string of the molecule is CCNCc1cccc(Oc2ccc(C)c(C)c2)c1. The number of aryl methyl sites for hydroxylation is 2. The van der Waals surface area contributed by atoms with Gasteiger partial charge in [0.1, 0.15) is 11.5 Å². The Kier molecular flexibility index (Phi) is 4.58. The van der Waals surface area contributed by atoms with E-state index in [9.17, 15) is 0 Å². The monoisotopic (exact) mass is 255 g/mol. The lowest BCUT2D eigenvalue weighted by atomic mass is 10.1. The zero-order valence-electron chi connectivity index (χ0n) is 11.9. The van der Waals surface area contributed by atoms with E-state index in [1.165, 1.54) is 16.7 Å². The average molecular weight is 255 g/mol. The second kappa shape index (κ2) is 6.39. The van der Waals surface area contributed by atoms with Crippen LogP contribution < -0.4 is 10.1 Å². The molecule has 0 unspecified atom stereocenters. The maximum Gasteiger partial charge on any atom is 0.127 e. The topological polar surface area (TPSA) is 21.3 Å². The standard InChI is InChI=1S/C17H21NO/c1-4-18-12-15-6-5-7-16(11-15)19-17-9-8-13(2)14(3)10-17/h5-11,18H,4,12H2,1-3H3. The summed E-state index contributed by atoms with van der Waals surface area (Å²) in [7, 11) is 0. The van der Waals surface area contributed by atoms with Crippen LogP contribution in [-0.4, -0.2) is 6.54 Å². The minimum Gasteiger partial charge on any atom is -0.457 e. The Hall–Kier alpha value is -1.80. The molecule has 0 aromatic heterocycles. The van der Waals surface area contributed by atoms with Crippen LogP contribution in [0, 0.1) is 13.8 Å². The van der Waals surface area contributed by atoms with Crippen LogP contribution in [0.1, 0.15) is 23.6 Å². The van der Waals surface area contributed by atoms with E-state index in [0.29, 0.717) is 0 Å². The van der Waals surface area contributed by atoms with Gasteiger partial charge in [-0.05, 0) is 61.3 Å². The first-order valence-electron chi connectivity index (χ1n) is 6.74. The fourth-order valence-electron chi connectivity index (χ4n) is 1.90. The second-order valence-electron chi connectivity index (χ2n) is 4.78. The largest absolute Gasteiger partial charge is 0.457 e. The fraction of sp³-hybridized carbons (Fsp3) is 0.294.